The van der Waals surface area contributed by atoms with E-state index in [9.17, 15) is 4.39 Å². The zero-order valence-electron chi connectivity index (χ0n) is 15.9. The molecule has 0 aliphatic heterocycles. The van der Waals surface area contributed by atoms with Gasteiger partial charge in [-0.1, -0.05) is 32.9 Å². The molecule has 0 aliphatic carbocycles. The molecular weight excluding hydrogens is 331 g/mol. The number of nitrogens with two attached hydrogens (primary N) is 1. The molecule has 1 heterocycles. The van der Waals surface area contributed by atoms with Gasteiger partial charge in [0.05, 0.1) is 5.69 Å². The van der Waals surface area contributed by atoms with Gasteiger partial charge in [-0.25, -0.2) is 4.39 Å². The van der Waals surface area contributed by atoms with Gasteiger partial charge in [-0.05, 0) is 62.4 Å². The van der Waals surface area contributed by atoms with Gasteiger partial charge in [0.2, 0.25) is 0 Å². The number of thiophene rings is 1. The van der Waals surface area contributed by atoms with Gasteiger partial charge < -0.3 is 5.73 Å². The number of halogens is 1. The monoisotopic (exact) mass is 360 g/mol. The molecule has 0 bridgehead atoms. The molecule has 0 aliphatic rings. The third kappa shape index (κ3) is 6.46. The molecule has 0 spiro atoms. The molecule has 2 nitrogen and oxygen atoms in total. The highest BCUT2D eigenvalue weighted by molar-refractivity contribution is 7.13. The summed E-state index contributed by atoms with van der Waals surface area (Å²) < 4.78 is 12.5. The number of benzene rings is 1. The first-order chi connectivity index (χ1) is 11.8. The molecule has 1 atom stereocenters. The Hall–Kier alpha value is -1.94. The molecule has 0 saturated heterocycles. The fourth-order valence-corrected chi connectivity index (χ4v) is 3.49. The number of nitrogen functional groups attached to an aromatic ring is 1. The van der Waals surface area contributed by atoms with Crippen LogP contribution in [0.1, 0.15) is 61.8 Å². The van der Waals surface area contributed by atoms with Crippen LogP contribution < -0.4 is 5.73 Å². The van der Waals surface area contributed by atoms with E-state index in [1.807, 2.05) is 24.5 Å². The van der Waals surface area contributed by atoms with Crippen LogP contribution in [0.25, 0.3) is 5.57 Å². The largest absolute Gasteiger partial charge is 0.399 e. The van der Waals surface area contributed by atoms with Crippen molar-refractivity contribution in [2.45, 2.75) is 53.4 Å². The quantitative estimate of drug-likeness (QED) is 0.447. The van der Waals surface area contributed by atoms with Crippen molar-refractivity contribution in [2.24, 2.45) is 4.99 Å². The predicted octanol–water partition coefficient (Wildman–Crippen LogP) is 7.12. The van der Waals surface area contributed by atoms with Crippen LogP contribution in [0, 0.1) is 12.7 Å². The van der Waals surface area contributed by atoms with Crippen molar-refractivity contribution in [2.75, 3.05) is 5.73 Å². The van der Waals surface area contributed by atoms with Crippen LogP contribution in [-0.4, -0.2) is 6.21 Å². The Kier molecular flexibility index (Phi) is 8.56. The maximum Gasteiger partial charge on any atom is 0.128 e. The Morgan fingerprint density at radius 3 is 2.56 bits per heavy atom. The molecule has 0 amide bonds. The molecule has 1 aromatic carbocycles. The first-order valence-corrected chi connectivity index (χ1v) is 9.41. The lowest BCUT2D eigenvalue weighted by Gasteiger charge is -2.08. The van der Waals surface area contributed by atoms with Crippen molar-refractivity contribution in [3.05, 3.63) is 52.0 Å². The molecule has 25 heavy (non-hydrogen) atoms. The minimum atomic E-state index is -0.241. The van der Waals surface area contributed by atoms with Crippen molar-refractivity contribution < 1.29 is 4.39 Å². The second kappa shape index (κ2) is 10.1. The zero-order chi connectivity index (χ0) is 19.0. The molecule has 1 aromatic heterocycles. The Labute approximate surface area is 155 Å². The molecule has 0 saturated carbocycles. The second-order valence-electron chi connectivity index (χ2n) is 6.23. The van der Waals surface area contributed by atoms with Crippen LogP contribution in [-0.2, 0) is 0 Å². The number of hydrogen-bond acceptors (Lipinski definition) is 3. The minimum Gasteiger partial charge on any atom is -0.399 e. The van der Waals surface area contributed by atoms with Gasteiger partial charge in [-0.2, -0.15) is 0 Å². The molecule has 2 aromatic rings. The number of rotatable bonds is 5. The number of aliphatic imine (C=N–C) groups is 1. The number of hydrogen-bond donors (Lipinski definition) is 1. The lowest BCUT2D eigenvalue weighted by atomic mass is 10.0. The standard InChI is InChI=1S/C14H21NS.C7H8FN/c1-6-8-11(5)14-12(15-7-2)9-13(16-14)10(3)4;1-5-2-3-6(9)4-7(5)8/h7,9,11H,3,6,8H2,1-2,4-5H3;2-4H,9H2,1H3. The third-order valence-corrected chi connectivity index (χ3v) is 5.31. The third-order valence-electron chi connectivity index (χ3n) is 3.79. The maximum absolute atomic E-state index is 12.5. The SMILES string of the molecule is C=C(C)c1cc(N=CC)c(C(C)CCC)s1.Cc1ccc(N)cc1F. The second-order valence-corrected chi connectivity index (χ2v) is 7.31. The van der Waals surface area contributed by atoms with E-state index in [0.29, 0.717) is 17.2 Å². The summed E-state index contributed by atoms with van der Waals surface area (Å²) in [6.45, 7) is 14.2. The Morgan fingerprint density at radius 1 is 1.40 bits per heavy atom. The number of allylic oxidation sites excluding steroid dienone is 1. The molecule has 4 heteroatoms. The summed E-state index contributed by atoms with van der Waals surface area (Å²) in [6, 6.07) is 6.81. The van der Waals surface area contributed by atoms with Gasteiger partial charge >= 0.3 is 0 Å². The first kappa shape index (κ1) is 21.1. The Balaban J connectivity index is 0.000000293. The van der Waals surface area contributed by atoms with Gasteiger partial charge in [0.15, 0.2) is 0 Å². The lowest BCUT2D eigenvalue weighted by molar-refractivity contribution is 0.619. The molecule has 0 fully saturated rings. The lowest BCUT2D eigenvalue weighted by Crippen LogP contribution is -1.88. The summed E-state index contributed by atoms with van der Waals surface area (Å²) >= 11 is 1.84. The minimum absolute atomic E-state index is 0.241. The fourth-order valence-electron chi connectivity index (χ4n) is 2.37. The van der Waals surface area contributed by atoms with E-state index in [4.69, 9.17) is 5.73 Å². The summed E-state index contributed by atoms with van der Waals surface area (Å²) in [5, 5.41) is 0. The maximum atomic E-state index is 12.5. The van der Waals surface area contributed by atoms with Crippen LogP contribution in [0.3, 0.4) is 0 Å². The number of nitrogens with zero attached hydrogens (tertiary/aromatic N) is 1. The Morgan fingerprint density at radius 2 is 2.08 bits per heavy atom. The molecule has 2 N–H and O–H groups in total. The van der Waals surface area contributed by atoms with E-state index >= 15 is 0 Å². The van der Waals surface area contributed by atoms with Crippen LogP contribution >= 0.6 is 11.3 Å². The summed E-state index contributed by atoms with van der Waals surface area (Å²) in [4.78, 5) is 7.12. The zero-order valence-corrected chi connectivity index (χ0v) is 16.7. The van der Waals surface area contributed by atoms with Crippen LogP contribution in [0.2, 0.25) is 0 Å². The highest BCUT2D eigenvalue weighted by atomic mass is 32.1. The van der Waals surface area contributed by atoms with Crippen molar-refractivity contribution in [1.82, 2.24) is 0 Å². The van der Waals surface area contributed by atoms with Crippen molar-refractivity contribution in [3.63, 3.8) is 0 Å². The Bertz CT molecular complexity index is 731. The molecule has 136 valence electrons. The van der Waals surface area contributed by atoms with E-state index in [0.717, 1.165) is 11.3 Å². The van der Waals surface area contributed by atoms with Crippen LogP contribution in [0.15, 0.2) is 35.8 Å². The van der Waals surface area contributed by atoms with Gasteiger partial charge in [-0.15, -0.1) is 11.3 Å². The number of anilines is 1. The smallest absolute Gasteiger partial charge is 0.128 e. The molecule has 1 unspecified atom stereocenters. The average molecular weight is 361 g/mol. The van der Waals surface area contributed by atoms with Crippen LogP contribution in [0.4, 0.5) is 15.8 Å². The van der Waals surface area contributed by atoms with Crippen molar-refractivity contribution in [1.29, 1.82) is 0 Å². The van der Waals surface area contributed by atoms with Gasteiger partial charge in [0, 0.05) is 21.7 Å². The number of aryl methyl sites for hydroxylation is 1. The van der Waals surface area contributed by atoms with Gasteiger partial charge in [-0.3, -0.25) is 4.99 Å². The van der Waals surface area contributed by atoms with Crippen LogP contribution in [0.5, 0.6) is 0 Å². The topological polar surface area (TPSA) is 38.4 Å². The van der Waals surface area contributed by atoms with E-state index in [2.05, 4.69) is 38.4 Å². The van der Waals surface area contributed by atoms with E-state index < -0.39 is 0 Å². The van der Waals surface area contributed by atoms with Crippen molar-refractivity contribution >= 4 is 34.5 Å². The fraction of sp³-hybridized carbons (Fsp3) is 0.381. The normalized spacial score (nSPS) is 11.9. The van der Waals surface area contributed by atoms with Crippen molar-refractivity contribution in [3.8, 4) is 0 Å². The van der Waals surface area contributed by atoms with E-state index in [1.165, 1.54) is 28.7 Å². The predicted molar refractivity (Wildman–Crippen MR) is 112 cm³/mol. The van der Waals surface area contributed by atoms with E-state index in [1.54, 1.807) is 19.1 Å². The first-order valence-electron chi connectivity index (χ1n) is 8.60. The van der Waals surface area contributed by atoms with Gasteiger partial charge in [0.25, 0.3) is 0 Å². The molecule has 2 rings (SSSR count). The highest BCUT2D eigenvalue weighted by Gasteiger charge is 2.14. The summed E-state index contributed by atoms with van der Waals surface area (Å²) in [5.41, 5.74) is 8.65. The summed E-state index contributed by atoms with van der Waals surface area (Å²) in [7, 11) is 0. The van der Waals surface area contributed by atoms with Gasteiger partial charge in [0.1, 0.15) is 5.82 Å². The average Bonchev–Trinajstić information content (AvgIpc) is 2.97. The highest BCUT2D eigenvalue weighted by Crippen LogP contribution is 2.39. The summed E-state index contributed by atoms with van der Waals surface area (Å²) in [5.74, 6) is 0.358. The molecule has 0 radical (unpaired) electrons. The van der Waals surface area contributed by atoms with E-state index in [-0.39, 0.29) is 5.82 Å². The molecular formula is C21H29FN2S. The summed E-state index contributed by atoms with van der Waals surface area (Å²) in [6.07, 6.45) is 4.31.